The molecule has 0 aliphatic rings. The number of aliphatic hydroxyl groups is 1. The van der Waals surface area contributed by atoms with Crippen molar-refractivity contribution in [3.63, 3.8) is 0 Å². The molecule has 1 aromatic heterocycles. The molecule has 0 saturated carbocycles. The molecule has 4 amide bonds. The third-order valence-corrected chi connectivity index (χ3v) is 9.14. The zero-order valence-electron chi connectivity index (χ0n) is 30.3. The van der Waals surface area contributed by atoms with Crippen molar-refractivity contribution >= 4 is 33.8 Å². The lowest BCUT2D eigenvalue weighted by molar-refractivity contribution is -0.127. The summed E-state index contributed by atoms with van der Waals surface area (Å²) in [5, 5.41) is 22.4. The van der Waals surface area contributed by atoms with Crippen LogP contribution in [0.15, 0.2) is 79.0 Å². The molecule has 3 aromatic rings. The smallest absolute Gasteiger partial charge is 0.407 e. The molecule has 1 heterocycles. The van der Waals surface area contributed by atoms with Gasteiger partial charge in [-0.3, -0.25) is 14.6 Å². The highest BCUT2D eigenvalue weighted by molar-refractivity contribution is 7.90. The minimum Gasteiger partial charge on any atom is -0.453 e. The maximum absolute atomic E-state index is 13.8. The molecule has 0 fully saturated rings. The Morgan fingerprint density at radius 2 is 1.37 bits per heavy atom. The van der Waals surface area contributed by atoms with Gasteiger partial charge in [0.25, 0.3) is 0 Å². The standard InChI is InChI=1S/C37H49N5O9S/c1-37(2,3)32(42-36(47)51-5)34(45)39-27(20-25-15-17-26(18-16-25)28-14-10-11-19-38-28)22-31(43)29(21-24-12-8-7-9-13-24)40-33(44)30(23-52(6,48)49)41-35(46)50-4/h7-19,27,29-32,43H,20-23H2,1-6H3,(H,39,45)(H,40,44)(H,41,46)(H,42,47)/t27-,29-,30-,31-,32+/m0/s1. The monoisotopic (exact) mass is 739 g/mol. The molecule has 0 aliphatic carbocycles. The molecule has 2 aromatic carbocycles. The Morgan fingerprint density at radius 3 is 1.92 bits per heavy atom. The second-order valence-corrected chi connectivity index (χ2v) is 15.8. The number of alkyl carbamates (subject to hydrolysis) is 2. The summed E-state index contributed by atoms with van der Waals surface area (Å²) in [5.74, 6) is -2.08. The summed E-state index contributed by atoms with van der Waals surface area (Å²) in [7, 11) is -1.46. The first-order valence-electron chi connectivity index (χ1n) is 16.7. The molecule has 3 rings (SSSR count). The van der Waals surface area contributed by atoms with Gasteiger partial charge < -0.3 is 35.8 Å². The zero-order valence-corrected chi connectivity index (χ0v) is 31.1. The van der Waals surface area contributed by atoms with Gasteiger partial charge in [0.15, 0.2) is 0 Å². The van der Waals surface area contributed by atoms with Crippen LogP contribution in [0.25, 0.3) is 11.3 Å². The van der Waals surface area contributed by atoms with Crippen LogP contribution < -0.4 is 21.3 Å². The predicted octanol–water partition coefficient (Wildman–Crippen LogP) is 2.79. The minimum absolute atomic E-state index is 0.0677. The molecular formula is C37H49N5O9S. The molecule has 15 heteroatoms. The van der Waals surface area contributed by atoms with E-state index in [-0.39, 0.29) is 19.3 Å². The number of hydrogen-bond acceptors (Lipinski definition) is 10. The van der Waals surface area contributed by atoms with Crippen molar-refractivity contribution in [3.05, 3.63) is 90.1 Å². The van der Waals surface area contributed by atoms with E-state index in [9.17, 15) is 32.7 Å². The highest BCUT2D eigenvalue weighted by Gasteiger charge is 2.36. The van der Waals surface area contributed by atoms with Gasteiger partial charge in [-0.2, -0.15) is 0 Å². The van der Waals surface area contributed by atoms with Gasteiger partial charge in [0.1, 0.15) is 21.9 Å². The van der Waals surface area contributed by atoms with Gasteiger partial charge in [-0.15, -0.1) is 0 Å². The number of carbonyl (C=O) groups is 4. The van der Waals surface area contributed by atoms with Gasteiger partial charge in [-0.05, 0) is 47.9 Å². The van der Waals surface area contributed by atoms with Crippen LogP contribution in [0, 0.1) is 5.41 Å². The summed E-state index contributed by atoms with van der Waals surface area (Å²) in [4.78, 5) is 55.9. The number of pyridine rings is 1. The number of ether oxygens (including phenoxy) is 2. The first kappa shape index (κ1) is 41.4. The summed E-state index contributed by atoms with van der Waals surface area (Å²) in [6, 6.07) is 18.0. The molecule has 0 radical (unpaired) electrons. The van der Waals surface area contributed by atoms with Crippen molar-refractivity contribution in [2.24, 2.45) is 5.41 Å². The molecule has 0 spiro atoms. The molecule has 0 unspecified atom stereocenters. The van der Waals surface area contributed by atoms with Crippen LogP contribution in [0.3, 0.4) is 0 Å². The lowest BCUT2D eigenvalue weighted by atomic mass is 9.85. The number of methoxy groups -OCH3 is 2. The SMILES string of the molecule is COC(=O)N[C@@H](CS(C)(=O)=O)C(=O)N[C@@H](Cc1ccccc1)[C@@H](O)C[C@H](Cc1ccc(-c2ccccn2)cc1)NC(=O)[C@@H](NC(=O)OC)C(C)(C)C. The lowest BCUT2D eigenvalue weighted by Gasteiger charge is -2.33. The molecule has 282 valence electrons. The molecule has 0 bridgehead atoms. The third-order valence-electron chi connectivity index (χ3n) is 8.20. The fourth-order valence-corrected chi connectivity index (χ4v) is 6.38. The first-order chi connectivity index (χ1) is 24.5. The van der Waals surface area contributed by atoms with Crippen LogP contribution in [0.5, 0.6) is 0 Å². The Labute approximate surface area is 305 Å². The number of hydrogen-bond donors (Lipinski definition) is 5. The van der Waals surface area contributed by atoms with Crippen molar-refractivity contribution in [2.75, 3.05) is 26.2 Å². The van der Waals surface area contributed by atoms with E-state index in [1.54, 1.807) is 51.2 Å². The topological polar surface area (TPSA) is 202 Å². The number of nitrogens with zero attached hydrogens (tertiary/aromatic N) is 1. The number of rotatable bonds is 16. The van der Waals surface area contributed by atoms with E-state index in [1.165, 1.54) is 7.11 Å². The second-order valence-electron chi connectivity index (χ2n) is 13.6. The number of aliphatic hydroxyl groups excluding tert-OH is 1. The molecule has 0 saturated heterocycles. The van der Waals surface area contributed by atoms with Crippen LogP contribution in [0.4, 0.5) is 9.59 Å². The molecule has 0 aliphatic heterocycles. The number of amides is 4. The Bertz CT molecular complexity index is 1730. The van der Waals surface area contributed by atoms with Gasteiger partial charge >= 0.3 is 12.2 Å². The Balaban J connectivity index is 1.96. The van der Waals surface area contributed by atoms with Crippen LogP contribution in [0.1, 0.15) is 38.3 Å². The largest absolute Gasteiger partial charge is 0.453 e. The number of carbonyl (C=O) groups excluding carboxylic acids is 4. The van der Waals surface area contributed by atoms with E-state index < -0.39 is 75.3 Å². The van der Waals surface area contributed by atoms with Crippen molar-refractivity contribution in [3.8, 4) is 11.3 Å². The van der Waals surface area contributed by atoms with Gasteiger partial charge in [0, 0.05) is 24.1 Å². The average molecular weight is 740 g/mol. The average Bonchev–Trinajstić information content (AvgIpc) is 3.09. The van der Waals surface area contributed by atoms with Crippen molar-refractivity contribution in [1.29, 1.82) is 0 Å². The van der Waals surface area contributed by atoms with E-state index in [1.807, 2.05) is 48.5 Å². The summed E-state index contributed by atoms with van der Waals surface area (Å²) in [6.45, 7) is 5.36. The van der Waals surface area contributed by atoms with Crippen LogP contribution in [0.2, 0.25) is 0 Å². The number of nitrogens with one attached hydrogen (secondary N) is 4. The predicted molar refractivity (Wildman–Crippen MR) is 196 cm³/mol. The van der Waals surface area contributed by atoms with Crippen molar-refractivity contribution < 1.29 is 42.2 Å². The van der Waals surface area contributed by atoms with E-state index >= 15 is 0 Å². The van der Waals surface area contributed by atoms with E-state index in [0.717, 1.165) is 35.7 Å². The van der Waals surface area contributed by atoms with E-state index in [4.69, 9.17) is 4.74 Å². The number of benzene rings is 2. The molecule has 52 heavy (non-hydrogen) atoms. The van der Waals surface area contributed by atoms with Crippen molar-refractivity contribution in [1.82, 2.24) is 26.3 Å². The maximum atomic E-state index is 13.8. The highest BCUT2D eigenvalue weighted by atomic mass is 32.2. The maximum Gasteiger partial charge on any atom is 0.407 e. The fraction of sp³-hybridized carbons (Fsp3) is 0.432. The lowest BCUT2D eigenvalue weighted by Crippen LogP contribution is -2.58. The Kier molecular flexibility index (Phi) is 15.1. The van der Waals surface area contributed by atoms with Gasteiger partial charge in [0.05, 0.1) is 37.8 Å². The van der Waals surface area contributed by atoms with Gasteiger partial charge in [-0.25, -0.2) is 18.0 Å². The molecule has 5 N–H and O–H groups in total. The molecule has 14 nitrogen and oxygen atoms in total. The van der Waals surface area contributed by atoms with Crippen molar-refractivity contribution in [2.45, 2.75) is 70.3 Å². The molecule has 5 atom stereocenters. The van der Waals surface area contributed by atoms with Crippen LogP contribution in [-0.4, -0.2) is 99.0 Å². The van der Waals surface area contributed by atoms with Crippen LogP contribution in [-0.2, 0) is 41.7 Å². The highest BCUT2D eigenvalue weighted by Crippen LogP contribution is 2.22. The van der Waals surface area contributed by atoms with Gasteiger partial charge in [-0.1, -0.05) is 81.4 Å². The number of sulfone groups is 1. The summed E-state index contributed by atoms with van der Waals surface area (Å²) >= 11 is 0. The second kappa shape index (κ2) is 19.0. The quantitative estimate of drug-likeness (QED) is 0.145. The summed E-state index contributed by atoms with van der Waals surface area (Å²) < 4.78 is 33.7. The minimum atomic E-state index is -3.74. The first-order valence-corrected chi connectivity index (χ1v) is 18.7. The van der Waals surface area contributed by atoms with Gasteiger partial charge in [0.2, 0.25) is 11.8 Å². The normalized spacial score (nSPS) is 14.4. The summed E-state index contributed by atoms with van der Waals surface area (Å²) in [5.41, 5.74) is 2.52. The fourth-order valence-electron chi connectivity index (χ4n) is 5.54. The molecular weight excluding hydrogens is 691 g/mol. The summed E-state index contributed by atoms with van der Waals surface area (Å²) in [6.07, 6.45) is -0.134. The van der Waals surface area contributed by atoms with E-state index in [0.29, 0.717) is 0 Å². The number of aromatic nitrogens is 1. The van der Waals surface area contributed by atoms with E-state index in [2.05, 4.69) is 31.0 Å². The Hall–Kier alpha value is -5.02. The Morgan fingerprint density at radius 1 is 0.769 bits per heavy atom. The zero-order chi connectivity index (χ0) is 38.5. The third kappa shape index (κ3) is 13.6. The van der Waals surface area contributed by atoms with Crippen LogP contribution >= 0.6 is 0 Å².